The molecule has 2 rings (SSSR count). The van der Waals surface area contributed by atoms with Gasteiger partial charge in [-0.1, -0.05) is 35.4 Å². The first-order valence-electron chi connectivity index (χ1n) is 6.94. The van der Waals surface area contributed by atoms with Crippen molar-refractivity contribution in [1.82, 2.24) is 5.32 Å². The van der Waals surface area contributed by atoms with Crippen molar-refractivity contribution >= 4 is 11.7 Å². The van der Waals surface area contributed by atoms with E-state index in [0.29, 0.717) is 13.2 Å². The van der Waals surface area contributed by atoms with Gasteiger partial charge >= 0.3 is 6.03 Å². The summed E-state index contributed by atoms with van der Waals surface area (Å²) >= 11 is 0. The van der Waals surface area contributed by atoms with E-state index in [-0.39, 0.29) is 6.03 Å². The quantitative estimate of drug-likeness (QED) is 0.826. The highest BCUT2D eigenvalue weighted by Gasteiger charge is 2.00. The van der Waals surface area contributed by atoms with Crippen LogP contribution in [-0.2, 0) is 0 Å². The van der Waals surface area contributed by atoms with E-state index >= 15 is 0 Å². The number of carbonyl (C=O) groups is 1. The highest BCUT2D eigenvalue weighted by Crippen LogP contribution is 2.11. The third-order valence-corrected chi connectivity index (χ3v) is 2.99. The highest BCUT2D eigenvalue weighted by molar-refractivity contribution is 5.89. The fraction of sp³-hybridized carbons (Fsp3) is 0.235. The Kier molecular flexibility index (Phi) is 5.21. The minimum atomic E-state index is -0.230. The van der Waals surface area contributed by atoms with Crippen LogP contribution in [-0.4, -0.2) is 19.2 Å². The second-order valence-electron chi connectivity index (χ2n) is 4.91. The van der Waals surface area contributed by atoms with Gasteiger partial charge in [0, 0.05) is 5.69 Å². The standard InChI is InChI=1S/C17H20N2O2/c1-13-3-7-15(8-4-13)19-17(20)18-11-12-21-16-9-5-14(2)6-10-16/h3-10H,11-12H2,1-2H3,(H2,18,19,20). The molecule has 0 fully saturated rings. The molecule has 2 amide bonds. The second kappa shape index (κ2) is 7.33. The van der Waals surface area contributed by atoms with Crippen LogP contribution in [0.2, 0.25) is 0 Å². The van der Waals surface area contributed by atoms with E-state index in [2.05, 4.69) is 10.6 Å². The van der Waals surface area contributed by atoms with Crippen molar-refractivity contribution in [3.8, 4) is 5.75 Å². The zero-order valence-corrected chi connectivity index (χ0v) is 12.3. The molecule has 0 heterocycles. The number of nitrogens with one attached hydrogen (secondary N) is 2. The first-order valence-corrected chi connectivity index (χ1v) is 6.94. The SMILES string of the molecule is Cc1ccc(NC(=O)NCCOc2ccc(C)cc2)cc1. The monoisotopic (exact) mass is 284 g/mol. The van der Waals surface area contributed by atoms with Crippen LogP contribution in [0.4, 0.5) is 10.5 Å². The fourth-order valence-electron chi connectivity index (χ4n) is 1.78. The maximum Gasteiger partial charge on any atom is 0.319 e. The Labute approximate surface area is 125 Å². The molecule has 0 aliphatic rings. The van der Waals surface area contributed by atoms with E-state index in [1.54, 1.807) is 0 Å². The van der Waals surface area contributed by atoms with Gasteiger partial charge in [-0.2, -0.15) is 0 Å². The summed E-state index contributed by atoms with van der Waals surface area (Å²) in [6, 6.07) is 15.2. The number of hydrogen-bond donors (Lipinski definition) is 2. The second-order valence-corrected chi connectivity index (χ2v) is 4.91. The number of ether oxygens (including phenoxy) is 1. The molecule has 110 valence electrons. The molecular formula is C17H20N2O2. The topological polar surface area (TPSA) is 50.4 Å². The van der Waals surface area contributed by atoms with Gasteiger partial charge in [-0.3, -0.25) is 0 Å². The summed E-state index contributed by atoms with van der Waals surface area (Å²) in [5, 5.41) is 5.52. The summed E-state index contributed by atoms with van der Waals surface area (Å²) in [6.45, 7) is 4.92. The molecule has 0 aromatic heterocycles. The van der Waals surface area contributed by atoms with E-state index in [4.69, 9.17) is 4.74 Å². The molecule has 0 atom stereocenters. The number of carbonyl (C=O) groups excluding carboxylic acids is 1. The van der Waals surface area contributed by atoms with Crippen molar-refractivity contribution < 1.29 is 9.53 Å². The molecule has 4 heteroatoms. The average Bonchev–Trinajstić information content (AvgIpc) is 2.48. The molecule has 0 aliphatic heterocycles. The van der Waals surface area contributed by atoms with Crippen LogP contribution in [0.5, 0.6) is 5.75 Å². The van der Waals surface area contributed by atoms with Crippen LogP contribution >= 0.6 is 0 Å². The summed E-state index contributed by atoms with van der Waals surface area (Å²) in [4.78, 5) is 11.7. The Morgan fingerprint density at radius 3 is 2.14 bits per heavy atom. The van der Waals surface area contributed by atoms with E-state index in [0.717, 1.165) is 17.0 Å². The molecule has 2 N–H and O–H groups in total. The van der Waals surface area contributed by atoms with Crippen LogP contribution < -0.4 is 15.4 Å². The van der Waals surface area contributed by atoms with Crippen molar-refractivity contribution in [3.05, 3.63) is 59.7 Å². The Morgan fingerprint density at radius 1 is 0.952 bits per heavy atom. The Bertz CT molecular complexity index is 577. The van der Waals surface area contributed by atoms with Gasteiger partial charge in [-0.25, -0.2) is 4.79 Å². The smallest absolute Gasteiger partial charge is 0.319 e. The fourth-order valence-corrected chi connectivity index (χ4v) is 1.78. The first kappa shape index (κ1) is 14.9. The Morgan fingerprint density at radius 2 is 1.52 bits per heavy atom. The molecule has 4 nitrogen and oxygen atoms in total. The Hall–Kier alpha value is -2.49. The van der Waals surface area contributed by atoms with Crippen molar-refractivity contribution in [2.24, 2.45) is 0 Å². The molecule has 0 radical (unpaired) electrons. The van der Waals surface area contributed by atoms with Crippen molar-refractivity contribution in [2.45, 2.75) is 13.8 Å². The molecule has 0 saturated carbocycles. The van der Waals surface area contributed by atoms with Crippen LogP contribution in [0, 0.1) is 13.8 Å². The normalized spacial score (nSPS) is 10.0. The molecule has 0 bridgehead atoms. The zero-order chi connectivity index (χ0) is 15.1. The van der Waals surface area contributed by atoms with Gasteiger partial charge in [0.15, 0.2) is 0 Å². The molecule has 0 aliphatic carbocycles. The van der Waals surface area contributed by atoms with E-state index < -0.39 is 0 Å². The number of benzene rings is 2. The predicted molar refractivity (Wildman–Crippen MR) is 84.9 cm³/mol. The lowest BCUT2D eigenvalue weighted by Crippen LogP contribution is -2.32. The van der Waals surface area contributed by atoms with Gasteiger partial charge in [-0.05, 0) is 38.1 Å². The van der Waals surface area contributed by atoms with E-state index in [1.165, 1.54) is 5.56 Å². The summed E-state index contributed by atoms with van der Waals surface area (Å²) in [5.74, 6) is 0.807. The number of amides is 2. The molecule has 21 heavy (non-hydrogen) atoms. The highest BCUT2D eigenvalue weighted by atomic mass is 16.5. The summed E-state index contributed by atoms with van der Waals surface area (Å²) in [6.07, 6.45) is 0. The minimum absolute atomic E-state index is 0.230. The molecular weight excluding hydrogens is 264 g/mol. The lowest BCUT2D eigenvalue weighted by atomic mass is 10.2. The maximum atomic E-state index is 11.7. The maximum absolute atomic E-state index is 11.7. The molecule has 2 aromatic rings. The van der Waals surface area contributed by atoms with Gasteiger partial charge in [0.25, 0.3) is 0 Å². The Balaban J connectivity index is 1.67. The lowest BCUT2D eigenvalue weighted by Gasteiger charge is -2.09. The molecule has 2 aromatic carbocycles. The van der Waals surface area contributed by atoms with Gasteiger partial charge < -0.3 is 15.4 Å². The third kappa shape index (κ3) is 5.18. The minimum Gasteiger partial charge on any atom is -0.492 e. The summed E-state index contributed by atoms with van der Waals surface area (Å²) in [7, 11) is 0. The van der Waals surface area contributed by atoms with Crippen LogP contribution in [0.1, 0.15) is 11.1 Å². The third-order valence-electron chi connectivity index (χ3n) is 2.99. The van der Waals surface area contributed by atoms with Gasteiger partial charge in [0.05, 0.1) is 6.54 Å². The van der Waals surface area contributed by atoms with Crippen LogP contribution in [0.15, 0.2) is 48.5 Å². The van der Waals surface area contributed by atoms with Crippen molar-refractivity contribution in [1.29, 1.82) is 0 Å². The number of rotatable bonds is 5. The van der Waals surface area contributed by atoms with Crippen LogP contribution in [0.3, 0.4) is 0 Å². The molecule has 0 saturated heterocycles. The van der Waals surface area contributed by atoms with Crippen molar-refractivity contribution in [2.75, 3.05) is 18.5 Å². The summed E-state index contributed by atoms with van der Waals surface area (Å²) in [5.41, 5.74) is 3.13. The lowest BCUT2D eigenvalue weighted by molar-refractivity contribution is 0.247. The van der Waals surface area contributed by atoms with Crippen molar-refractivity contribution in [3.63, 3.8) is 0 Å². The largest absolute Gasteiger partial charge is 0.492 e. The molecule has 0 unspecified atom stereocenters. The molecule has 0 spiro atoms. The van der Waals surface area contributed by atoms with Gasteiger partial charge in [-0.15, -0.1) is 0 Å². The predicted octanol–water partition coefficient (Wildman–Crippen LogP) is 3.50. The zero-order valence-electron chi connectivity index (χ0n) is 12.3. The van der Waals surface area contributed by atoms with Crippen LogP contribution in [0.25, 0.3) is 0 Å². The number of urea groups is 1. The number of aryl methyl sites for hydroxylation is 2. The first-order chi connectivity index (χ1) is 10.1. The van der Waals surface area contributed by atoms with E-state index in [9.17, 15) is 4.79 Å². The van der Waals surface area contributed by atoms with Gasteiger partial charge in [0.1, 0.15) is 12.4 Å². The van der Waals surface area contributed by atoms with Gasteiger partial charge in [0.2, 0.25) is 0 Å². The summed E-state index contributed by atoms with van der Waals surface area (Å²) < 4.78 is 5.53. The number of anilines is 1. The van der Waals surface area contributed by atoms with E-state index in [1.807, 2.05) is 62.4 Å². The number of hydrogen-bond acceptors (Lipinski definition) is 2. The average molecular weight is 284 g/mol.